The number of fused-ring (bicyclic) bond motifs is 1. The molecule has 0 atom stereocenters. The maximum absolute atomic E-state index is 11.8. The molecule has 0 fully saturated rings. The third-order valence-electron chi connectivity index (χ3n) is 2.74. The number of carbonyl (C=O) groups is 1. The first kappa shape index (κ1) is 12.3. The zero-order chi connectivity index (χ0) is 12.3. The molecule has 0 spiro atoms. The monoisotopic (exact) mass is 252 g/mol. The highest BCUT2D eigenvalue weighted by atomic mass is 32.1. The molecule has 2 N–H and O–H groups in total. The van der Waals surface area contributed by atoms with E-state index >= 15 is 0 Å². The number of carbonyl (C=O) groups excluding carboxylic acids is 1. The first-order chi connectivity index (χ1) is 8.26. The normalized spacial score (nSPS) is 14.5. The van der Waals surface area contributed by atoms with Crippen LogP contribution in [0.25, 0.3) is 0 Å². The lowest BCUT2D eigenvalue weighted by Crippen LogP contribution is -2.39. The van der Waals surface area contributed by atoms with Crippen LogP contribution in [0.3, 0.4) is 0 Å². The van der Waals surface area contributed by atoms with Crippen LogP contribution in [0.5, 0.6) is 5.75 Å². The summed E-state index contributed by atoms with van der Waals surface area (Å²) < 4.78 is 5.39. The minimum Gasteiger partial charge on any atom is -0.482 e. The maximum atomic E-state index is 11.8. The van der Waals surface area contributed by atoms with Crippen LogP contribution in [-0.2, 0) is 11.3 Å². The quantitative estimate of drug-likeness (QED) is 0.791. The van der Waals surface area contributed by atoms with Gasteiger partial charge in [0, 0.05) is 13.1 Å². The van der Waals surface area contributed by atoms with Crippen LogP contribution in [0.15, 0.2) is 18.2 Å². The molecule has 1 aliphatic rings. The number of hydrogen-bond acceptors (Lipinski definition) is 4. The molecule has 17 heavy (non-hydrogen) atoms. The fraction of sp³-hybridized carbons (Fsp3) is 0.417. The third kappa shape index (κ3) is 2.56. The van der Waals surface area contributed by atoms with Gasteiger partial charge in [-0.15, -0.1) is 0 Å². The van der Waals surface area contributed by atoms with Crippen molar-refractivity contribution in [2.24, 2.45) is 5.73 Å². The highest BCUT2D eigenvalue weighted by molar-refractivity contribution is 7.80. The van der Waals surface area contributed by atoms with Gasteiger partial charge in [-0.25, -0.2) is 0 Å². The second kappa shape index (κ2) is 5.42. The number of ether oxygens (including phenoxy) is 1. The van der Waals surface area contributed by atoms with E-state index in [1.807, 2.05) is 18.2 Å². The average Bonchev–Trinajstić information content (AvgIpc) is 2.37. The minimum absolute atomic E-state index is 0.00606. The fourth-order valence-corrected chi connectivity index (χ4v) is 1.99. The Bertz CT molecular complexity index is 423. The van der Waals surface area contributed by atoms with Gasteiger partial charge in [0.2, 0.25) is 0 Å². The number of thiol groups is 1. The smallest absolute Gasteiger partial charge is 0.265 e. The Morgan fingerprint density at radius 3 is 3.00 bits per heavy atom. The van der Waals surface area contributed by atoms with Crippen molar-refractivity contribution in [2.75, 3.05) is 23.8 Å². The molecular weight excluding hydrogens is 236 g/mol. The summed E-state index contributed by atoms with van der Waals surface area (Å²) in [6, 6.07) is 5.72. The Hall–Kier alpha value is -1.20. The van der Waals surface area contributed by atoms with E-state index in [1.54, 1.807) is 4.90 Å². The molecule has 1 heterocycles. The molecule has 1 aromatic rings. The second-order valence-electron chi connectivity index (χ2n) is 3.92. The van der Waals surface area contributed by atoms with Crippen molar-refractivity contribution in [1.29, 1.82) is 0 Å². The first-order valence-electron chi connectivity index (χ1n) is 5.63. The molecule has 1 aliphatic heterocycles. The van der Waals surface area contributed by atoms with Gasteiger partial charge in [-0.3, -0.25) is 4.79 Å². The van der Waals surface area contributed by atoms with E-state index in [0.717, 1.165) is 29.2 Å². The van der Waals surface area contributed by atoms with Gasteiger partial charge in [0.15, 0.2) is 6.61 Å². The molecule has 0 unspecified atom stereocenters. The molecule has 0 saturated carbocycles. The van der Waals surface area contributed by atoms with Gasteiger partial charge in [0.25, 0.3) is 5.91 Å². The highest BCUT2D eigenvalue weighted by Gasteiger charge is 2.24. The molecule has 0 aliphatic carbocycles. The first-order valence-corrected chi connectivity index (χ1v) is 6.26. The Balaban J connectivity index is 2.31. The van der Waals surface area contributed by atoms with E-state index in [0.29, 0.717) is 13.1 Å². The van der Waals surface area contributed by atoms with Gasteiger partial charge in [-0.2, -0.15) is 12.6 Å². The number of benzene rings is 1. The molecule has 1 aromatic carbocycles. The van der Waals surface area contributed by atoms with Crippen molar-refractivity contribution in [3.8, 4) is 5.75 Å². The third-order valence-corrected chi connectivity index (χ3v) is 3.06. The van der Waals surface area contributed by atoms with Gasteiger partial charge < -0.3 is 15.4 Å². The predicted octanol–water partition coefficient (Wildman–Crippen LogP) is 1.19. The molecular formula is C12H16N2O2S. The second-order valence-corrected chi connectivity index (χ2v) is 4.36. The molecule has 5 heteroatoms. The number of nitrogens with two attached hydrogens (primary N) is 1. The maximum Gasteiger partial charge on any atom is 0.265 e. The van der Waals surface area contributed by atoms with Crippen molar-refractivity contribution < 1.29 is 9.53 Å². The molecule has 1 amide bonds. The van der Waals surface area contributed by atoms with Crippen LogP contribution in [-0.4, -0.2) is 24.8 Å². The lowest BCUT2D eigenvalue weighted by atomic mass is 10.1. The Morgan fingerprint density at radius 2 is 2.29 bits per heavy atom. The summed E-state index contributed by atoms with van der Waals surface area (Å²) in [5.74, 6) is 1.51. The topological polar surface area (TPSA) is 55.6 Å². The molecule has 0 bridgehead atoms. The van der Waals surface area contributed by atoms with Crippen molar-refractivity contribution in [3.63, 3.8) is 0 Å². The Kier molecular flexibility index (Phi) is 3.91. The van der Waals surface area contributed by atoms with Crippen molar-refractivity contribution in [2.45, 2.75) is 13.0 Å². The van der Waals surface area contributed by atoms with E-state index in [4.69, 9.17) is 10.5 Å². The number of hydrogen-bond donors (Lipinski definition) is 2. The molecule has 92 valence electrons. The number of rotatable bonds is 4. The van der Waals surface area contributed by atoms with Crippen LogP contribution < -0.4 is 15.4 Å². The summed E-state index contributed by atoms with van der Waals surface area (Å²) in [5, 5.41) is 0. The number of amides is 1. The van der Waals surface area contributed by atoms with E-state index in [2.05, 4.69) is 12.6 Å². The van der Waals surface area contributed by atoms with Crippen LogP contribution in [0.4, 0.5) is 5.69 Å². The van der Waals surface area contributed by atoms with E-state index in [9.17, 15) is 4.79 Å². The van der Waals surface area contributed by atoms with Gasteiger partial charge in [0.1, 0.15) is 5.75 Å². The number of nitrogens with zero attached hydrogens (tertiary/aromatic N) is 1. The SMILES string of the molecule is NCc1ccc2c(c1)N(CCCS)C(=O)CO2. The van der Waals surface area contributed by atoms with Crippen LogP contribution in [0, 0.1) is 0 Å². The lowest BCUT2D eigenvalue weighted by molar-refractivity contribution is -0.121. The lowest BCUT2D eigenvalue weighted by Gasteiger charge is -2.29. The van der Waals surface area contributed by atoms with Crippen molar-refractivity contribution >= 4 is 24.2 Å². The average molecular weight is 252 g/mol. The van der Waals surface area contributed by atoms with Crippen molar-refractivity contribution in [3.05, 3.63) is 23.8 Å². The van der Waals surface area contributed by atoms with Crippen molar-refractivity contribution in [1.82, 2.24) is 0 Å². The molecule has 0 radical (unpaired) electrons. The summed E-state index contributed by atoms with van der Waals surface area (Å²) in [6.07, 6.45) is 0.862. The van der Waals surface area contributed by atoms with Gasteiger partial charge in [0.05, 0.1) is 5.69 Å². The summed E-state index contributed by atoms with van der Waals surface area (Å²) in [4.78, 5) is 13.6. The van der Waals surface area contributed by atoms with Crippen LogP contribution >= 0.6 is 12.6 Å². The summed E-state index contributed by atoms with van der Waals surface area (Å²) in [7, 11) is 0. The predicted molar refractivity (Wildman–Crippen MR) is 70.7 cm³/mol. The highest BCUT2D eigenvalue weighted by Crippen LogP contribution is 2.32. The van der Waals surface area contributed by atoms with Gasteiger partial charge >= 0.3 is 0 Å². The molecule has 0 saturated heterocycles. The molecule has 2 rings (SSSR count). The van der Waals surface area contributed by atoms with E-state index < -0.39 is 0 Å². The molecule has 4 nitrogen and oxygen atoms in total. The summed E-state index contributed by atoms with van der Waals surface area (Å²) in [6.45, 7) is 1.25. The van der Waals surface area contributed by atoms with Crippen LogP contribution in [0.2, 0.25) is 0 Å². The Labute approximate surface area is 106 Å². The Morgan fingerprint density at radius 1 is 1.47 bits per heavy atom. The standard InChI is InChI=1S/C12H16N2O2S/c13-7-9-2-3-11-10(6-9)14(4-1-5-17)12(15)8-16-11/h2-3,6,17H,1,4-5,7-8,13H2. The zero-order valence-electron chi connectivity index (χ0n) is 9.56. The fourth-order valence-electron chi connectivity index (χ4n) is 1.85. The van der Waals surface area contributed by atoms with E-state index in [-0.39, 0.29) is 12.5 Å². The van der Waals surface area contributed by atoms with Gasteiger partial charge in [-0.05, 0) is 29.9 Å². The van der Waals surface area contributed by atoms with Gasteiger partial charge in [-0.1, -0.05) is 6.07 Å². The van der Waals surface area contributed by atoms with E-state index in [1.165, 1.54) is 0 Å². The summed E-state index contributed by atoms with van der Waals surface area (Å²) in [5.41, 5.74) is 7.43. The van der Waals surface area contributed by atoms with Crippen LogP contribution in [0.1, 0.15) is 12.0 Å². The zero-order valence-corrected chi connectivity index (χ0v) is 10.5. The largest absolute Gasteiger partial charge is 0.482 e. The molecule has 0 aromatic heterocycles. The minimum atomic E-state index is -0.00606. The summed E-state index contributed by atoms with van der Waals surface area (Å²) >= 11 is 4.17. The number of anilines is 1.